The number of nitrogens with zero attached hydrogens (tertiary/aromatic N) is 1. The molecule has 2 nitrogen and oxygen atoms in total. The van der Waals surface area contributed by atoms with E-state index in [0.29, 0.717) is 4.47 Å². The molecule has 0 heterocycles. The van der Waals surface area contributed by atoms with E-state index < -0.39 is 5.82 Å². The van der Waals surface area contributed by atoms with E-state index in [0.717, 1.165) is 0 Å². The summed E-state index contributed by atoms with van der Waals surface area (Å²) < 4.78 is 13.9. The molecule has 0 aliphatic rings. The molecule has 1 aromatic rings. The topological polar surface area (TPSA) is 38.4 Å². The SMILES string of the molecule is NC(CCl)=Nc1ccc(Br)c(Cl)c1F. The van der Waals surface area contributed by atoms with Crippen LogP contribution in [0.1, 0.15) is 0 Å². The van der Waals surface area contributed by atoms with Crippen LogP contribution in [0.3, 0.4) is 0 Å². The summed E-state index contributed by atoms with van der Waals surface area (Å²) in [5, 5.41) is -0.0198. The van der Waals surface area contributed by atoms with Crippen molar-refractivity contribution < 1.29 is 4.39 Å². The van der Waals surface area contributed by atoms with Gasteiger partial charge in [-0.25, -0.2) is 9.38 Å². The second kappa shape index (κ2) is 4.96. The summed E-state index contributed by atoms with van der Waals surface area (Å²) in [6, 6.07) is 3.05. The average molecular weight is 300 g/mol. The van der Waals surface area contributed by atoms with E-state index in [1.54, 1.807) is 6.07 Å². The maximum Gasteiger partial charge on any atom is 0.168 e. The van der Waals surface area contributed by atoms with E-state index >= 15 is 0 Å². The predicted molar refractivity (Wildman–Crippen MR) is 61.1 cm³/mol. The zero-order valence-electron chi connectivity index (χ0n) is 6.90. The lowest BCUT2D eigenvalue weighted by atomic mass is 10.3. The van der Waals surface area contributed by atoms with Gasteiger partial charge >= 0.3 is 0 Å². The van der Waals surface area contributed by atoms with Crippen molar-refractivity contribution >= 4 is 50.7 Å². The lowest BCUT2D eigenvalue weighted by Crippen LogP contribution is -2.12. The summed E-state index contributed by atoms with van der Waals surface area (Å²) in [6.45, 7) is 0. The molecule has 2 N–H and O–H groups in total. The summed E-state index contributed by atoms with van der Waals surface area (Å²) in [5.41, 5.74) is 5.44. The standard InChI is InChI=1S/C8H6BrCl2FN2/c9-4-1-2-5(8(12)7(4)11)14-6(13)3-10/h1-2H,3H2,(H2,13,14). The molecule has 1 aromatic carbocycles. The van der Waals surface area contributed by atoms with Gasteiger partial charge in [-0.2, -0.15) is 0 Å². The Morgan fingerprint density at radius 1 is 1.57 bits per heavy atom. The smallest absolute Gasteiger partial charge is 0.168 e. The van der Waals surface area contributed by atoms with Gasteiger partial charge in [0.05, 0.1) is 10.9 Å². The molecule has 1 rings (SSSR count). The number of halogens is 4. The Morgan fingerprint density at radius 3 is 2.79 bits per heavy atom. The molecule has 0 aromatic heterocycles. The van der Waals surface area contributed by atoms with Crippen molar-refractivity contribution in [3.8, 4) is 0 Å². The third-order valence-electron chi connectivity index (χ3n) is 1.42. The molecule has 0 saturated carbocycles. The maximum atomic E-state index is 13.4. The first-order valence-corrected chi connectivity index (χ1v) is 5.29. The van der Waals surface area contributed by atoms with E-state index in [9.17, 15) is 4.39 Å². The van der Waals surface area contributed by atoms with E-state index in [1.165, 1.54) is 6.07 Å². The second-order valence-corrected chi connectivity index (χ2v) is 3.93. The molecule has 0 saturated heterocycles. The lowest BCUT2D eigenvalue weighted by molar-refractivity contribution is 0.629. The highest BCUT2D eigenvalue weighted by Gasteiger charge is 2.09. The first-order valence-electron chi connectivity index (χ1n) is 3.58. The summed E-state index contributed by atoms with van der Waals surface area (Å²) in [5.74, 6) is -0.425. The quantitative estimate of drug-likeness (QED) is 0.386. The normalized spacial score (nSPS) is 11.9. The highest BCUT2D eigenvalue weighted by molar-refractivity contribution is 9.10. The highest BCUT2D eigenvalue weighted by atomic mass is 79.9. The Balaban J connectivity index is 3.18. The van der Waals surface area contributed by atoms with E-state index in [1.807, 2.05) is 0 Å². The molecular formula is C8H6BrCl2FN2. The van der Waals surface area contributed by atoms with Gasteiger partial charge in [0.2, 0.25) is 0 Å². The average Bonchev–Trinajstić information content (AvgIpc) is 2.19. The monoisotopic (exact) mass is 298 g/mol. The van der Waals surface area contributed by atoms with Crippen LogP contribution in [-0.4, -0.2) is 11.7 Å². The van der Waals surface area contributed by atoms with Gasteiger partial charge < -0.3 is 5.73 Å². The van der Waals surface area contributed by atoms with Crippen LogP contribution >= 0.6 is 39.1 Å². The van der Waals surface area contributed by atoms with Crippen LogP contribution in [0.5, 0.6) is 0 Å². The predicted octanol–water partition coefficient (Wildman–Crippen LogP) is 3.47. The molecule has 0 spiro atoms. The van der Waals surface area contributed by atoms with Crippen molar-refractivity contribution in [2.24, 2.45) is 10.7 Å². The van der Waals surface area contributed by atoms with Gasteiger partial charge in [0.25, 0.3) is 0 Å². The van der Waals surface area contributed by atoms with Crippen LogP contribution in [-0.2, 0) is 0 Å². The molecule has 6 heteroatoms. The molecule has 0 fully saturated rings. The molecule has 0 aliphatic carbocycles. The zero-order valence-corrected chi connectivity index (χ0v) is 10.00. The number of aliphatic imine (C=N–C) groups is 1. The Labute approximate surface area is 99.0 Å². The number of amidine groups is 1. The van der Waals surface area contributed by atoms with Gasteiger partial charge in [-0.05, 0) is 28.1 Å². The molecule has 0 unspecified atom stereocenters. The second-order valence-electron chi connectivity index (χ2n) is 2.43. The molecule has 76 valence electrons. The maximum absolute atomic E-state index is 13.4. The molecule has 0 aliphatic heterocycles. The van der Waals surface area contributed by atoms with Crippen LogP contribution < -0.4 is 5.73 Å². The first-order chi connectivity index (χ1) is 6.56. The summed E-state index contributed by atoms with van der Waals surface area (Å²) in [4.78, 5) is 3.76. The number of hydrogen-bond donors (Lipinski definition) is 1. The van der Waals surface area contributed by atoms with Crippen molar-refractivity contribution in [3.05, 3.63) is 27.4 Å². The van der Waals surface area contributed by atoms with E-state index in [4.69, 9.17) is 28.9 Å². The van der Waals surface area contributed by atoms with Crippen LogP contribution in [0.2, 0.25) is 5.02 Å². The number of alkyl halides is 1. The summed E-state index contributed by atoms with van der Waals surface area (Å²) in [6.07, 6.45) is 0. The third kappa shape index (κ3) is 2.59. The highest BCUT2D eigenvalue weighted by Crippen LogP contribution is 2.31. The van der Waals surface area contributed by atoms with Crippen LogP contribution in [0, 0.1) is 5.82 Å². The molecular weight excluding hydrogens is 294 g/mol. The Morgan fingerprint density at radius 2 is 2.21 bits per heavy atom. The number of rotatable bonds is 2. The fraction of sp³-hybridized carbons (Fsp3) is 0.125. The Kier molecular flexibility index (Phi) is 4.16. The van der Waals surface area contributed by atoms with Gasteiger partial charge in [0.1, 0.15) is 11.5 Å². The summed E-state index contributed by atoms with van der Waals surface area (Å²) in [7, 11) is 0. The van der Waals surface area contributed by atoms with Crippen molar-refractivity contribution in [2.45, 2.75) is 0 Å². The van der Waals surface area contributed by atoms with Gasteiger partial charge in [0, 0.05) is 4.47 Å². The van der Waals surface area contributed by atoms with Crippen LogP contribution in [0.25, 0.3) is 0 Å². The fourth-order valence-electron chi connectivity index (χ4n) is 0.787. The van der Waals surface area contributed by atoms with Gasteiger partial charge in [0.15, 0.2) is 5.82 Å². The number of hydrogen-bond acceptors (Lipinski definition) is 1. The Bertz CT molecular complexity index is 382. The van der Waals surface area contributed by atoms with E-state index in [-0.39, 0.29) is 22.4 Å². The molecule has 14 heavy (non-hydrogen) atoms. The molecule has 0 amide bonds. The number of benzene rings is 1. The molecule has 0 bridgehead atoms. The minimum Gasteiger partial charge on any atom is -0.386 e. The largest absolute Gasteiger partial charge is 0.386 e. The third-order valence-corrected chi connectivity index (χ3v) is 2.95. The molecule has 0 atom stereocenters. The van der Waals surface area contributed by atoms with Crippen molar-refractivity contribution in [3.63, 3.8) is 0 Å². The first kappa shape index (κ1) is 11.8. The lowest BCUT2D eigenvalue weighted by Gasteiger charge is -2.02. The van der Waals surface area contributed by atoms with Crippen LogP contribution in [0.4, 0.5) is 10.1 Å². The minimum absolute atomic E-state index is 0.0198. The van der Waals surface area contributed by atoms with E-state index in [2.05, 4.69) is 20.9 Å². The van der Waals surface area contributed by atoms with Crippen molar-refractivity contribution in [2.75, 3.05) is 5.88 Å². The van der Waals surface area contributed by atoms with Crippen LogP contribution in [0.15, 0.2) is 21.6 Å². The molecule has 0 radical (unpaired) electrons. The van der Waals surface area contributed by atoms with Gasteiger partial charge in [-0.3, -0.25) is 0 Å². The minimum atomic E-state index is -0.617. The number of nitrogens with two attached hydrogens (primary N) is 1. The zero-order chi connectivity index (χ0) is 10.7. The van der Waals surface area contributed by atoms with Gasteiger partial charge in [-0.1, -0.05) is 11.6 Å². The van der Waals surface area contributed by atoms with Crippen molar-refractivity contribution in [1.82, 2.24) is 0 Å². The summed E-state index contributed by atoms with van der Waals surface area (Å²) >= 11 is 14.1. The van der Waals surface area contributed by atoms with Gasteiger partial charge in [-0.15, -0.1) is 11.6 Å². The van der Waals surface area contributed by atoms with Crippen molar-refractivity contribution in [1.29, 1.82) is 0 Å². The Hall–Kier alpha value is -0.320. The fourth-order valence-corrected chi connectivity index (χ4v) is 1.31.